The molecule has 2 heterocycles. The highest BCUT2D eigenvalue weighted by Gasteiger charge is 2.43. The maximum Gasteiger partial charge on any atom is 0.411 e. The number of rotatable bonds is 2. The SMILES string of the molecule is CC1CC(C(=O)OC2CCc3cc4c(cc3C2=O)OCc2cc(Cl)ccc2-4)N(C(=O)OC(C)(C)C)C1. The number of benzene rings is 2. The minimum Gasteiger partial charge on any atom is -0.488 e. The fourth-order valence-corrected chi connectivity index (χ4v) is 5.40. The minimum absolute atomic E-state index is 0.124. The monoisotopic (exact) mass is 511 g/mol. The van der Waals surface area contributed by atoms with E-state index in [-0.39, 0.29) is 11.7 Å². The van der Waals surface area contributed by atoms with Crippen LogP contribution in [0, 0.1) is 5.92 Å². The molecule has 0 saturated carbocycles. The summed E-state index contributed by atoms with van der Waals surface area (Å²) in [5, 5.41) is 0.653. The van der Waals surface area contributed by atoms with Gasteiger partial charge in [-0.05, 0) is 86.9 Å². The molecule has 1 saturated heterocycles. The number of Topliss-reactive ketones (excluding diaryl/α,β-unsaturated/α-hetero) is 1. The normalized spacial score (nSPS) is 22.8. The van der Waals surface area contributed by atoms with Gasteiger partial charge in [-0.1, -0.05) is 24.6 Å². The van der Waals surface area contributed by atoms with Crippen molar-refractivity contribution in [2.75, 3.05) is 6.54 Å². The number of hydrogen-bond donors (Lipinski definition) is 0. The smallest absolute Gasteiger partial charge is 0.411 e. The van der Waals surface area contributed by atoms with Crippen LogP contribution in [0.1, 0.15) is 62.0 Å². The van der Waals surface area contributed by atoms with E-state index in [1.165, 1.54) is 4.90 Å². The van der Waals surface area contributed by atoms with Crippen molar-refractivity contribution in [3.8, 4) is 16.9 Å². The number of fused-ring (bicyclic) bond motifs is 4. The first-order chi connectivity index (χ1) is 17.0. The highest BCUT2D eigenvalue weighted by Crippen LogP contribution is 2.42. The van der Waals surface area contributed by atoms with Gasteiger partial charge >= 0.3 is 12.1 Å². The van der Waals surface area contributed by atoms with Crippen LogP contribution in [0.2, 0.25) is 5.02 Å². The van der Waals surface area contributed by atoms with Gasteiger partial charge in [0.25, 0.3) is 0 Å². The lowest BCUT2D eigenvalue weighted by molar-refractivity contribution is -0.152. The standard InChI is InChI=1S/C28H30ClNO6/c1-15-9-22(30(13-15)27(33)36-28(2,3)4)26(32)35-23-8-5-16-11-21-19-7-6-18(29)10-17(19)14-34-24(21)12-20(16)25(23)31/h6-7,10-12,15,22-23H,5,8-9,13-14H2,1-4H3. The Morgan fingerprint density at radius 3 is 2.61 bits per heavy atom. The van der Waals surface area contributed by atoms with Gasteiger partial charge in [-0.15, -0.1) is 0 Å². The lowest BCUT2D eigenvalue weighted by Gasteiger charge is -2.30. The highest BCUT2D eigenvalue weighted by molar-refractivity contribution is 6.30. The van der Waals surface area contributed by atoms with Crippen LogP contribution in [-0.2, 0) is 27.3 Å². The van der Waals surface area contributed by atoms with E-state index in [9.17, 15) is 14.4 Å². The Labute approximate surface area is 215 Å². The fourth-order valence-electron chi connectivity index (χ4n) is 5.20. The van der Waals surface area contributed by atoms with Gasteiger partial charge in [0.05, 0.1) is 0 Å². The highest BCUT2D eigenvalue weighted by atomic mass is 35.5. The molecule has 0 radical (unpaired) electrons. The summed E-state index contributed by atoms with van der Waals surface area (Å²) in [6.07, 6.45) is 0.0137. The third kappa shape index (κ3) is 4.69. The summed E-state index contributed by atoms with van der Waals surface area (Å²) < 4.78 is 17.1. The van der Waals surface area contributed by atoms with Crippen LogP contribution < -0.4 is 4.74 Å². The Morgan fingerprint density at radius 1 is 1.08 bits per heavy atom. The number of likely N-dealkylation sites (tertiary alicyclic amines) is 1. The molecule has 3 atom stereocenters. The average Bonchev–Trinajstić information content (AvgIpc) is 3.21. The third-order valence-corrected chi connectivity index (χ3v) is 7.08. The number of carbonyl (C=O) groups excluding carboxylic acids is 3. The summed E-state index contributed by atoms with van der Waals surface area (Å²) >= 11 is 6.13. The van der Waals surface area contributed by atoms with E-state index in [2.05, 4.69) is 0 Å². The van der Waals surface area contributed by atoms with Gasteiger partial charge < -0.3 is 14.2 Å². The van der Waals surface area contributed by atoms with Crippen molar-refractivity contribution in [2.45, 2.75) is 71.3 Å². The van der Waals surface area contributed by atoms with Crippen LogP contribution in [-0.4, -0.2) is 47.0 Å². The van der Waals surface area contributed by atoms with Crippen molar-refractivity contribution in [1.29, 1.82) is 0 Å². The van der Waals surface area contributed by atoms with E-state index < -0.39 is 29.8 Å². The van der Waals surface area contributed by atoms with Gasteiger partial charge in [-0.2, -0.15) is 0 Å². The van der Waals surface area contributed by atoms with E-state index in [1.807, 2.05) is 31.2 Å². The summed E-state index contributed by atoms with van der Waals surface area (Å²) in [7, 11) is 0. The zero-order valence-corrected chi connectivity index (χ0v) is 21.7. The van der Waals surface area contributed by atoms with E-state index >= 15 is 0 Å². The maximum atomic E-state index is 13.4. The van der Waals surface area contributed by atoms with Crippen LogP contribution >= 0.6 is 11.6 Å². The van der Waals surface area contributed by atoms with Crippen molar-refractivity contribution in [1.82, 2.24) is 4.90 Å². The first-order valence-electron chi connectivity index (χ1n) is 12.3. The molecule has 2 aliphatic heterocycles. The zero-order chi connectivity index (χ0) is 25.8. The molecule has 0 bridgehead atoms. The maximum absolute atomic E-state index is 13.4. The average molecular weight is 512 g/mol. The molecule has 36 heavy (non-hydrogen) atoms. The molecule has 1 amide bonds. The molecule has 1 fully saturated rings. The first-order valence-corrected chi connectivity index (χ1v) is 12.7. The molecule has 3 unspecified atom stereocenters. The molecule has 7 nitrogen and oxygen atoms in total. The Balaban J connectivity index is 1.34. The van der Waals surface area contributed by atoms with Crippen molar-refractivity contribution >= 4 is 29.4 Å². The number of aryl methyl sites for hydroxylation is 1. The summed E-state index contributed by atoms with van der Waals surface area (Å²) in [5.41, 5.74) is 3.73. The minimum atomic E-state index is -0.894. The molecule has 0 N–H and O–H groups in total. The van der Waals surface area contributed by atoms with E-state index in [4.69, 9.17) is 25.8 Å². The molecule has 8 heteroatoms. The molecule has 5 rings (SSSR count). The lowest BCUT2D eigenvalue weighted by Crippen LogP contribution is -2.46. The largest absolute Gasteiger partial charge is 0.488 e. The molecule has 0 aromatic heterocycles. The van der Waals surface area contributed by atoms with E-state index in [1.54, 1.807) is 26.8 Å². The predicted molar refractivity (Wildman–Crippen MR) is 134 cm³/mol. The molecule has 2 aromatic carbocycles. The predicted octanol–water partition coefficient (Wildman–Crippen LogP) is 5.59. The van der Waals surface area contributed by atoms with Crippen molar-refractivity contribution in [3.63, 3.8) is 0 Å². The number of nitrogens with zero attached hydrogens (tertiary/aromatic N) is 1. The van der Waals surface area contributed by atoms with Crippen LogP contribution in [0.25, 0.3) is 11.1 Å². The molecular formula is C28H30ClNO6. The Hall–Kier alpha value is -3.06. The van der Waals surface area contributed by atoms with Gasteiger partial charge in [0.2, 0.25) is 5.78 Å². The third-order valence-electron chi connectivity index (χ3n) is 6.85. The van der Waals surface area contributed by atoms with E-state index in [0.717, 1.165) is 22.3 Å². The Bertz CT molecular complexity index is 1250. The van der Waals surface area contributed by atoms with Crippen LogP contribution in [0.5, 0.6) is 5.75 Å². The Morgan fingerprint density at radius 2 is 1.86 bits per heavy atom. The lowest BCUT2D eigenvalue weighted by atomic mass is 9.85. The van der Waals surface area contributed by atoms with Crippen LogP contribution in [0.3, 0.4) is 0 Å². The molecule has 190 valence electrons. The van der Waals surface area contributed by atoms with Gasteiger partial charge in [-0.25, -0.2) is 9.59 Å². The van der Waals surface area contributed by atoms with Crippen molar-refractivity contribution in [3.05, 3.63) is 52.0 Å². The Kier molecular flexibility index (Phi) is 6.23. The molecular weight excluding hydrogens is 482 g/mol. The van der Waals surface area contributed by atoms with Crippen molar-refractivity contribution in [2.24, 2.45) is 5.92 Å². The van der Waals surface area contributed by atoms with Gasteiger partial charge in [0, 0.05) is 22.7 Å². The van der Waals surface area contributed by atoms with E-state index in [0.29, 0.717) is 48.7 Å². The zero-order valence-electron chi connectivity index (χ0n) is 20.9. The second kappa shape index (κ2) is 9.11. The number of carbonyl (C=O) groups is 3. The second-order valence-corrected chi connectivity index (χ2v) is 11.3. The summed E-state index contributed by atoms with van der Waals surface area (Å²) in [6.45, 7) is 8.10. The fraction of sp³-hybridized carbons (Fsp3) is 0.464. The summed E-state index contributed by atoms with van der Waals surface area (Å²) in [5.74, 6) is -0.0521. The molecule has 1 aliphatic carbocycles. The molecule has 0 spiro atoms. The van der Waals surface area contributed by atoms with Crippen LogP contribution in [0.15, 0.2) is 30.3 Å². The van der Waals surface area contributed by atoms with Gasteiger partial charge in [0.15, 0.2) is 6.10 Å². The summed E-state index contributed by atoms with van der Waals surface area (Å²) in [6, 6.07) is 8.70. The molecule has 2 aromatic rings. The number of ether oxygens (including phenoxy) is 3. The topological polar surface area (TPSA) is 82.1 Å². The van der Waals surface area contributed by atoms with Crippen molar-refractivity contribution < 1.29 is 28.6 Å². The number of esters is 1. The summed E-state index contributed by atoms with van der Waals surface area (Å²) in [4.78, 5) is 40.6. The number of amides is 1. The number of hydrogen-bond acceptors (Lipinski definition) is 6. The second-order valence-electron chi connectivity index (χ2n) is 10.9. The van der Waals surface area contributed by atoms with Crippen LogP contribution in [0.4, 0.5) is 4.79 Å². The number of ketones is 1. The number of halogens is 1. The quantitative estimate of drug-likeness (QED) is 0.489. The first kappa shape index (κ1) is 24.6. The molecule has 3 aliphatic rings. The van der Waals surface area contributed by atoms with Gasteiger partial charge in [-0.3, -0.25) is 9.69 Å². The van der Waals surface area contributed by atoms with Gasteiger partial charge in [0.1, 0.15) is 24.0 Å².